The minimum absolute atomic E-state index is 0.0100. The van der Waals surface area contributed by atoms with Crippen LogP contribution < -0.4 is 0 Å². The zero-order valence-corrected chi connectivity index (χ0v) is 36.3. The zero-order valence-electron chi connectivity index (χ0n) is 31.7. The first-order valence-corrected chi connectivity index (χ1v) is 27.7. The van der Waals surface area contributed by atoms with Crippen molar-refractivity contribution in [1.29, 1.82) is 0 Å². The number of hydrogen-bond acceptors (Lipinski definition) is 7. The van der Waals surface area contributed by atoms with Gasteiger partial charge in [0.1, 0.15) is 0 Å². The third-order valence-electron chi connectivity index (χ3n) is 10.9. The normalized spacial score (nSPS) is 21.0. The first kappa shape index (κ1) is 42.9. The fraction of sp³-hybridized carbons (Fsp3) is 0.941. The van der Waals surface area contributed by atoms with Gasteiger partial charge in [0, 0.05) is 30.1 Å². The number of allylic oxidation sites excluding steroid dienone is 1. The van der Waals surface area contributed by atoms with Crippen LogP contribution in [-0.4, -0.2) is 82.3 Å². The molecule has 44 heavy (non-hydrogen) atoms. The second kappa shape index (κ2) is 16.5. The van der Waals surface area contributed by atoms with Crippen LogP contribution in [0, 0.1) is 11.8 Å². The maximum Gasteiger partial charge on any atom is 0.192 e. The molecule has 10 heteroatoms. The van der Waals surface area contributed by atoms with Gasteiger partial charge in [0.25, 0.3) is 0 Å². The maximum absolute atomic E-state index is 11.7. The van der Waals surface area contributed by atoms with Gasteiger partial charge in [-0.2, -0.15) is 0 Å². The van der Waals surface area contributed by atoms with Crippen molar-refractivity contribution >= 4 is 48.5 Å². The Hall–Kier alpha value is 0.891. The van der Waals surface area contributed by atoms with Crippen molar-refractivity contribution in [2.75, 3.05) is 18.1 Å². The summed E-state index contributed by atoms with van der Waals surface area (Å²) in [5.41, 5.74) is 0. The van der Waals surface area contributed by atoms with E-state index in [9.17, 15) is 10.2 Å². The Bertz CT molecular complexity index is 887. The molecule has 1 rings (SSSR count). The van der Waals surface area contributed by atoms with E-state index in [0.29, 0.717) is 4.58 Å². The van der Waals surface area contributed by atoms with E-state index in [1.165, 1.54) is 0 Å². The molecule has 0 aromatic carbocycles. The molecule has 6 atom stereocenters. The number of aliphatic hydroxyl groups is 2. The van der Waals surface area contributed by atoms with Crippen LogP contribution in [0.25, 0.3) is 0 Å². The monoisotopic (exact) mass is 708 g/mol. The summed E-state index contributed by atoms with van der Waals surface area (Å²) in [4.78, 5) is 0. The molecule has 2 N–H and O–H groups in total. The molecule has 0 bridgehead atoms. The predicted molar refractivity (Wildman–Crippen MR) is 205 cm³/mol. The molecule has 1 saturated heterocycles. The van der Waals surface area contributed by atoms with Gasteiger partial charge < -0.3 is 23.5 Å². The number of aliphatic hydroxyl groups excluding tert-OH is 2. The average molecular weight is 709 g/mol. The van der Waals surface area contributed by atoms with E-state index in [0.717, 1.165) is 17.9 Å². The van der Waals surface area contributed by atoms with Gasteiger partial charge in [0.05, 0.1) is 22.9 Å². The summed E-state index contributed by atoms with van der Waals surface area (Å²) in [5, 5.41) is 21.8. The molecular weight excluding hydrogens is 637 g/mol. The Morgan fingerprint density at radius 2 is 1.14 bits per heavy atom. The lowest BCUT2D eigenvalue weighted by molar-refractivity contribution is -0.0700. The second-order valence-corrected chi connectivity index (χ2v) is 34.7. The summed E-state index contributed by atoms with van der Waals surface area (Å²) in [7, 11) is -6.40. The van der Waals surface area contributed by atoms with Gasteiger partial charge in [-0.05, 0) is 80.1 Å². The summed E-state index contributed by atoms with van der Waals surface area (Å²) in [6.07, 6.45) is 4.38. The van der Waals surface area contributed by atoms with Crippen LogP contribution in [0.4, 0.5) is 0 Å². The fourth-order valence-electron chi connectivity index (χ4n) is 4.47. The smallest absolute Gasteiger partial charge is 0.192 e. The van der Waals surface area contributed by atoms with E-state index in [4.69, 9.17) is 13.3 Å². The molecule has 0 radical (unpaired) electrons. The van der Waals surface area contributed by atoms with Crippen molar-refractivity contribution in [3.8, 4) is 0 Å². The lowest BCUT2D eigenvalue weighted by Gasteiger charge is -2.49. The maximum atomic E-state index is 11.7. The van der Waals surface area contributed by atoms with Gasteiger partial charge in [-0.1, -0.05) is 81.4 Å². The highest BCUT2D eigenvalue weighted by molar-refractivity contribution is 8.20. The SMILES string of the molecule is C[C@H](/C=C/C[C@@H](C1SCCS1)[C@@H](O[Si](C)(C)C(C)(C)C)[C@@H](O[Si](C)(C)C(C)(C)C)[C@@H](O)CCO)[C@H](C)O[Si](C)(C)C(C)(C)C. The summed E-state index contributed by atoms with van der Waals surface area (Å²) in [6, 6.07) is 0. The van der Waals surface area contributed by atoms with E-state index < -0.39 is 37.2 Å². The molecule has 0 saturated carbocycles. The van der Waals surface area contributed by atoms with Crippen molar-refractivity contribution in [3.05, 3.63) is 12.2 Å². The van der Waals surface area contributed by atoms with Crippen LogP contribution in [0.2, 0.25) is 54.4 Å². The molecule has 1 aliphatic rings. The molecule has 1 fully saturated rings. The van der Waals surface area contributed by atoms with Gasteiger partial charge in [-0.15, -0.1) is 23.5 Å². The van der Waals surface area contributed by atoms with E-state index in [1.807, 2.05) is 23.5 Å². The highest BCUT2D eigenvalue weighted by Crippen LogP contribution is 2.47. The summed E-state index contributed by atoms with van der Waals surface area (Å²) in [6.45, 7) is 38.7. The lowest BCUT2D eigenvalue weighted by atomic mass is 9.91. The molecule has 0 amide bonds. The fourth-order valence-corrected chi connectivity index (χ4v) is 11.9. The largest absolute Gasteiger partial charge is 0.414 e. The van der Waals surface area contributed by atoms with E-state index in [-0.39, 0.29) is 52.2 Å². The number of rotatable bonds is 16. The van der Waals surface area contributed by atoms with Crippen LogP contribution in [0.1, 0.15) is 89.0 Å². The van der Waals surface area contributed by atoms with Crippen molar-refractivity contribution in [3.63, 3.8) is 0 Å². The third-order valence-corrected chi connectivity index (χ3v) is 27.7. The first-order valence-electron chi connectivity index (χ1n) is 16.9. The highest BCUT2D eigenvalue weighted by atomic mass is 32.2. The van der Waals surface area contributed by atoms with Crippen molar-refractivity contribution in [2.45, 2.75) is 172 Å². The van der Waals surface area contributed by atoms with Crippen molar-refractivity contribution < 1.29 is 23.5 Å². The Kier molecular flexibility index (Phi) is 16.1. The summed E-state index contributed by atoms with van der Waals surface area (Å²) in [5.74, 6) is 2.70. The molecule has 0 unspecified atom stereocenters. The molecule has 0 aromatic rings. The summed E-state index contributed by atoms with van der Waals surface area (Å²) < 4.78 is 21.6. The Morgan fingerprint density at radius 1 is 0.727 bits per heavy atom. The van der Waals surface area contributed by atoms with Crippen molar-refractivity contribution in [1.82, 2.24) is 0 Å². The quantitative estimate of drug-likeness (QED) is 0.122. The van der Waals surface area contributed by atoms with Gasteiger partial charge in [0.15, 0.2) is 25.0 Å². The van der Waals surface area contributed by atoms with Crippen LogP contribution in [0.5, 0.6) is 0 Å². The number of hydrogen-bond donors (Lipinski definition) is 2. The van der Waals surface area contributed by atoms with Crippen LogP contribution in [0.3, 0.4) is 0 Å². The minimum Gasteiger partial charge on any atom is -0.414 e. The van der Waals surface area contributed by atoms with Gasteiger partial charge >= 0.3 is 0 Å². The molecule has 0 aliphatic carbocycles. The molecular formula is C34H72O5S2Si3. The summed E-state index contributed by atoms with van der Waals surface area (Å²) >= 11 is 4.05. The van der Waals surface area contributed by atoms with Gasteiger partial charge in [0.2, 0.25) is 0 Å². The van der Waals surface area contributed by atoms with E-state index in [1.54, 1.807) is 0 Å². The molecule has 1 heterocycles. The van der Waals surface area contributed by atoms with Gasteiger partial charge in [-0.3, -0.25) is 0 Å². The average Bonchev–Trinajstić information content (AvgIpc) is 3.36. The van der Waals surface area contributed by atoms with Gasteiger partial charge in [-0.25, -0.2) is 0 Å². The molecule has 0 aromatic heterocycles. The predicted octanol–water partition coefficient (Wildman–Crippen LogP) is 9.93. The number of thioether (sulfide) groups is 2. The Balaban J connectivity index is 3.59. The molecule has 262 valence electrons. The third kappa shape index (κ3) is 12.1. The standard InChI is InChI=1S/C34H72O5S2Si3/c1-25(26(2)37-42(12,13)32(3,4)5)19-18-20-27(31-40-23-24-41-31)29(38-43(14,15)33(6,7)8)30(28(36)21-22-35)39-44(16,17)34(9,10)11/h18-19,25-31,35-36H,20-24H2,1-17H3/b19-18+/t25-,26+,27-,28+,29-,30+/m1/s1. The topological polar surface area (TPSA) is 68.2 Å². The Morgan fingerprint density at radius 3 is 1.55 bits per heavy atom. The zero-order chi connectivity index (χ0) is 34.5. The second-order valence-electron chi connectivity index (χ2n) is 17.6. The highest BCUT2D eigenvalue weighted by Gasteiger charge is 2.50. The Labute approximate surface area is 285 Å². The van der Waals surface area contributed by atoms with Crippen molar-refractivity contribution in [2.24, 2.45) is 11.8 Å². The first-order chi connectivity index (χ1) is 19.7. The molecule has 0 spiro atoms. The minimum atomic E-state index is -2.28. The lowest BCUT2D eigenvalue weighted by Crippen LogP contribution is -2.58. The molecule has 5 nitrogen and oxygen atoms in total. The van der Waals surface area contributed by atoms with E-state index >= 15 is 0 Å². The van der Waals surface area contributed by atoms with E-state index in [2.05, 4.69) is 128 Å². The van der Waals surface area contributed by atoms with Crippen LogP contribution in [-0.2, 0) is 13.3 Å². The molecule has 1 aliphatic heterocycles. The van der Waals surface area contributed by atoms with Crippen LogP contribution >= 0.6 is 23.5 Å². The van der Waals surface area contributed by atoms with Crippen LogP contribution in [0.15, 0.2) is 12.2 Å².